The lowest BCUT2D eigenvalue weighted by molar-refractivity contribution is -0.138. The molecule has 3 aliphatic rings. The van der Waals surface area contributed by atoms with Crippen molar-refractivity contribution in [2.24, 2.45) is 0 Å². The van der Waals surface area contributed by atoms with Crippen LogP contribution in [0.5, 0.6) is 11.5 Å². The average molecular weight is 454 g/mol. The molecule has 2 N–H and O–H groups in total. The molecule has 4 amide bonds. The number of fused-ring (bicyclic) bond motifs is 2. The van der Waals surface area contributed by atoms with Gasteiger partial charge in [0.1, 0.15) is 18.4 Å². The summed E-state index contributed by atoms with van der Waals surface area (Å²) in [5.41, 5.74) is 1.14. The van der Waals surface area contributed by atoms with Gasteiger partial charge in [-0.25, -0.2) is 9.18 Å². The van der Waals surface area contributed by atoms with Crippen LogP contribution in [0.15, 0.2) is 42.5 Å². The highest BCUT2D eigenvalue weighted by atomic mass is 19.1. The van der Waals surface area contributed by atoms with E-state index in [0.29, 0.717) is 35.7 Å². The lowest BCUT2D eigenvalue weighted by atomic mass is 9.93. The molecule has 33 heavy (non-hydrogen) atoms. The summed E-state index contributed by atoms with van der Waals surface area (Å²) in [6.45, 7) is 0.624. The van der Waals surface area contributed by atoms with E-state index >= 15 is 0 Å². The minimum atomic E-state index is -0.580. The van der Waals surface area contributed by atoms with Gasteiger partial charge in [-0.15, -0.1) is 0 Å². The van der Waals surface area contributed by atoms with Gasteiger partial charge >= 0.3 is 6.03 Å². The quantitative estimate of drug-likeness (QED) is 0.718. The number of hydrogen-bond acceptors (Lipinski definition) is 6. The van der Waals surface area contributed by atoms with Crippen LogP contribution >= 0.6 is 0 Å². The molecule has 9 nitrogen and oxygen atoms in total. The van der Waals surface area contributed by atoms with Crippen LogP contribution in [0.1, 0.15) is 18.4 Å². The fraction of sp³-hybridized carbons (Fsp3) is 0.348. The fourth-order valence-corrected chi connectivity index (χ4v) is 4.46. The molecule has 3 aliphatic heterocycles. The molecule has 5 rings (SSSR count). The van der Waals surface area contributed by atoms with Crippen molar-refractivity contribution in [1.29, 1.82) is 0 Å². The molecule has 3 heterocycles. The number of nitrogens with zero attached hydrogens (tertiary/aromatic N) is 2. The highest BCUT2D eigenvalue weighted by Crippen LogP contribution is 2.33. The predicted molar refractivity (Wildman–Crippen MR) is 115 cm³/mol. The molecule has 0 saturated carbocycles. The number of imide groups is 1. The molecule has 2 atom stereocenters. The first kappa shape index (κ1) is 21.2. The van der Waals surface area contributed by atoms with Crippen LogP contribution < -0.4 is 20.1 Å². The van der Waals surface area contributed by atoms with Gasteiger partial charge in [-0.3, -0.25) is 14.5 Å². The topological polar surface area (TPSA) is 100 Å². The van der Waals surface area contributed by atoms with E-state index in [1.165, 1.54) is 34.1 Å². The van der Waals surface area contributed by atoms with Crippen molar-refractivity contribution in [2.45, 2.75) is 31.5 Å². The highest BCUT2D eigenvalue weighted by molar-refractivity contribution is 6.02. The Morgan fingerprint density at radius 1 is 1.12 bits per heavy atom. The Bertz CT molecular complexity index is 1090. The third-order valence-corrected chi connectivity index (χ3v) is 6.05. The van der Waals surface area contributed by atoms with Crippen LogP contribution in [0.3, 0.4) is 0 Å². The molecule has 172 valence electrons. The monoisotopic (exact) mass is 454 g/mol. The SMILES string of the molecule is O=C(CN1C(=O)N(Cc2ccc3c(c2)OCO3)C(=O)C2NCCCC21)Nc1ccc(F)cc1. The molecule has 0 spiro atoms. The maximum Gasteiger partial charge on any atom is 0.327 e. The molecule has 0 radical (unpaired) electrons. The van der Waals surface area contributed by atoms with E-state index in [9.17, 15) is 18.8 Å². The van der Waals surface area contributed by atoms with Crippen LogP contribution in [-0.2, 0) is 16.1 Å². The Kier molecular flexibility index (Phi) is 5.59. The zero-order valence-corrected chi connectivity index (χ0v) is 17.8. The molecule has 0 bridgehead atoms. The van der Waals surface area contributed by atoms with Gasteiger partial charge in [0, 0.05) is 5.69 Å². The number of halogens is 1. The van der Waals surface area contributed by atoms with E-state index in [4.69, 9.17) is 9.47 Å². The third kappa shape index (κ3) is 4.21. The number of anilines is 1. The summed E-state index contributed by atoms with van der Waals surface area (Å²) < 4.78 is 23.9. The molecule has 2 aromatic carbocycles. The number of rotatable bonds is 5. The minimum Gasteiger partial charge on any atom is -0.454 e. The van der Waals surface area contributed by atoms with E-state index in [-0.39, 0.29) is 25.8 Å². The largest absolute Gasteiger partial charge is 0.454 e. The smallest absolute Gasteiger partial charge is 0.327 e. The van der Waals surface area contributed by atoms with E-state index in [1.807, 2.05) is 0 Å². The van der Waals surface area contributed by atoms with Gasteiger partial charge < -0.3 is 25.0 Å². The van der Waals surface area contributed by atoms with Gasteiger partial charge in [-0.2, -0.15) is 0 Å². The highest BCUT2D eigenvalue weighted by Gasteiger charge is 2.47. The number of amides is 4. The molecular formula is C23H23FN4O5. The summed E-state index contributed by atoms with van der Waals surface area (Å²) in [5, 5.41) is 5.89. The van der Waals surface area contributed by atoms with Gasteiger partial charge in [0.25, 0.3) is 0 Å². The van der Waals surface area contributed by atoms with Crippen molar-refractivity contribution in [3.63, 3.8) is 0 Å². The summed E-state index contributed by atoms with van der Waals surface area (Å²) in [4.78, 5) is 41.9. The Morgan fingerprint density at radius 2 is 1.91 bits per heavy atom. The van der Waals surface area contributed by atoms with Crippen LogP contribution in [-0.4, -0.2) is 59.6 Å². The van der Waals surface area contributed by atoms with E-state index in [1.54, 1.807) is 18.2 Å². The summed E-state index contributed by atoms with van der Waals surface area (Å²) in [5.74, 6) is 0.0407. The van der Waals surface area contributed by atoms with E-state index in [2.05, 4.69) is 10.6 Å². The zero-order valence-electron chi connectivity index (χ0n) is 17.8. The van der Waals surface area contributed by atoms with Crippen molar-refractivity contribution in [3.05, 3.63) is 53.8 Å². The van der Waals surface area contributed by atoms with Gasteiger partial charge in [-0.05, 0) is 61.3 Å². The predicted octanol–water partition coefficient (Wildman–Crippen LogP) is 2.08. The standard InChI is InChI=1S/C23H23FN4O5/c24-15-4-6-16(7-5-15)26-20(29)12-27-17-2-1-9-25-21(17)22(30)28(23(27)31)11-14-3-8-18-19(10-14)33-13-32-18/h3-8,10,17,21,25H,1-2,9,11-13H2,(H,26,29). The lowest BCUT2D eigenvalue weighted by Gasteiger charge is -2.46. The molecular weight excluding hydrogens is 431 g/mol. The number of benzene rings is 2. The first-order chi connectivity index (χ1) is 16.0. The molecule has 2 aromatic rings. The minimum absolute atomic E-state index is 0.0509. The Morgan fingerprint density at radius 3 is 2.73 bits per heavy atom. The lowest BCUT2D eigenvalue weighted by Crippen LogP contribution is -2.70. The number of urea groups is 1. The first-order valence-electron chi connectivity index (χ1n) is 10.8. The van der Waals surface area contributed by atoms with Crippen LogP contribution in [0.25, 0.3) is 0 Å². The Balaban J connectivity index is 1.35. The van der Waals surface area contributed by atoms with Crippen LogP contribution in [0.4, 0.5) is 14.9 Å². The zero-order chi connectivity index (χ0) is 22.9. The second-order valence-electron chi connectivity index (χ2n) is 8.22. The number of piperidine rings is 1. The molecule has 0 aromatic heterocycles. The van der Waals surface area contributed by atoms with Crippen LogP contribution in [0, 0.1) is 5.82 Å². The maximum absolute atomic E-state index is 13.4. The summed E-state index contributed by atoms with van der Waals surface area (Å²) >= 11 is 0. The maximum atomic E-state index is 13.4. The van der Waals surface area contributed by atoms with E-state index < -0.39 is 29.8 Å². The summed E-state index contributed by atoms with van der Waals surface area (Å²) in [6.07, 6.45) is 1.41. The summed E-state index contributed by atoms with van der Waals surface area (Å²) in [6, 6.07) is 9.15. The van der Waals surface area contributed by atoms with Gasteiger partial charge in [-0.1, -0.05) is 6.07 Å². The molecule has 2 unspecified atom stereocenters. The Hall–Kier alpha value is -3.66. The molecule has 2 saturated heterocycles. The normalized spacial score (nSPS) is 21.7. The van der Waals surface area contributed by atoms with Gasteiger partial charge in [0.2, 0.25) is 18.6 Å². The number of hydrogen-bond donors (Lipinski definition) is 2. The second kappa shape index (κ2) is 8.70. The average Bonchev–Trinajstić information content (AvgIpc) is 3.29. The molecule has 10 heteroatoms. The number of ether oxygens (including phenoxy) is 2. The van der Waals surface area contributed by atoms with Crippen molar-refractivity contribution >= 4 is 23.5 Å². The Labute approximate surface area is 189 Å². The number of carbonyl (C=O) groups is 3. The van der Waals surface area contributed by atoms with Crippen molar-refractivity contribution in [3.8, 4) is 11.5 Å². The number of carbonyl (C=O) groups excluding carboxylic acids is 3. The first-order valence-corrected chi connectivity index (χ1v) is 10.8. The third-order valence-electron chi connectivity index (χ3n) is 6.05. The van der Waals surface area contributed by atoms with E-state index in [0.717, 1.165) is 6.42 Å². The van der Waals surface area contributed by atoms with Crippen molar-refractivity contribution in [2.75, 3.05) is 25.2 Å². The molecule has 0 aliphatic carbocycles. The van der Waals surface area contributed by atoms with Gasteiger partial charge in [0.05, 0.1) is 12.6 Å². The van der Waals surface area contributed by atoms with Crippen molar-refractivity contribution in [1.82, 2.24) is 15.1 Å². The van der Waals surface area contributed by atoms with Gasteiger partial charge in [0.15, 0.2) is 11.5 Å². The number of nitrogens with one attached hydrogen (secondary N) is 2. The second-order valence-corrected chi connectivity index (χ2v) is 8.22. The van der Waals surface area contributed by atoms with Crippen LogP contribution in [0.2, 0.25) is 0 Å². The fourth-order valence-electron chi connectivity index (χ4n) is 4.46. The summed E-state index contributed by atoms with van der Waals surface area (Å²) in [7, 11) is 0. The molecule has 2 fully saturated rings. The van der Waals surface area contributed by atoms with Crippen molar-refractivity contribution < 1.29 is 28.2 Å².